The molecule has 0 aliphatic carbocycles. The Balaban J connectivity index is 2.14. The molecule has 0 spiro atoms. The SMILES string of the molecule is CCOC(=O)[C@@H]1CSCN1C(=O)c1ccc([N+](=O)[O-])cc1. The second-order valence-electron chi connectivity index (χ2n) is 4.35. The van der Waals surface area contributed by atoms with Gasteiger partial charge in [-0.1, -0.05) is 0 Å². The van der Waals surface area contributed by atoms with Crippen molar-refractivity contribution in [2.75, 3.05) is 18.2 Å². The maximum atomic E-state index is 12.4. The van der Waals surface area contributed by atoms with Crippen molar-refractivity contribution >= 4 is 29.3 Å². The monoisotopic (exact) mass is 310 g/mol. The molecule has 1 atom stereocenters. The zero-order chi connectivity index (χ0) is 15.4. The van der Waals surface area contributed by atoms with E-state index >= 15 is 0 Å². The molecule has 21 heavy (non-hydrogen) atoms. The quantitative estimate of drug-likeness (QED) is 0.477. The number of thioether (sulfide) groups is 1. The molecular weight excluding hydrogens is 296 g/mol. The first-order valence-corrected chi connectivity index (χ1v) is 7.50. The Morgan fingerprint density at radius 3 is 2.67 bits per heavy atom. The topological polar surface area (TPSA) is 89.8 Å². The molecule has 0 N–H and O–H groups in total. The van der Waals surface area contributed by atoms with Crippen LogP contribution in [0.2, 0.25) is 0 Å². The van der Waals surface area contributed by atoms with Crippen molar-refractivity contribution in [3.05, 3.63) is 39.9 Å². The van der Waals surface area contributed by atoms with Crippen molar-refractivity contribution in [2.24, 2.45) is 0 Å². The van der Waals surface area contributed by atoms with Gasteiger partial charge in [-0.3, -0.25) is 14.9 Å². The highest BCUT2D eigenvalue weighted by atomic mass is 32.2. The Morgan fingerprint density at radius 2 is 2.10 bits per heavy atom. The molecule has 1 aromatic rings. The van der Waals surface area contributed by atoms with Gasteiger partial charge in [-0.15, -0.1) is 11.8 Å². The van der Waals surface area contributed by atoms with Crippen molar-refractivity contribution in [1.29, 1.82) is 0 Å². The molecule has 1 heterocycles. The molecule has 1 amide bonds. The van der Waals surface area contributed by atoms with Crippen LogP contribution in [-0.2, 0) is 9.53 Å². The number of carbonyl (C=O) groups excluding carboxylic acids is 2. The van der Waals surface area contributed by atoms with Crippen LogP contribution in [0.3, 0.4) is 0 Å². The first-order chi connectivity index (χ1) is 10.0. The van der Waals surface area contributed by atoms with Crippen molar-refractivity contribution in [3.8, 4) is 0 Å². The van der Waals surface area contributed by atoms with Gasteiger partial charge in [0.2, 0.25) is 0 Å². The van der Waals surface area contributed by atoms with Crippen LogP contribution in [0, 0.1) is 10.1 Å². The highest BCUT2D eigenvalue weighted by Crippen LogP contribution is 2.24. The van der Waals surface area contributed by atoms with Gasteiger partial charge >= 0.3 is 5.97 Å². The molecule has 1 aliphatic rings. The normalized spacial score (nSPS) is 17.6. The Bertz CT molecular complexity index is 560. The van der Waals surface area contributed by atoms with Crippen molar-refractivity contribution in [3.63, 3.8) is 0 Å². The molecular formula is C13H14N2O5S. The number of esters is 1. The Morgan fingerprint density at radius 1 is 1.43 bits per heavy atom. The van der Waals surface area contributed by atoms with Crippen molar-refractivity contribution in [1.82, 2.24) is 4.90 Å². The minimum atomic E-state index is -0.599. The van der Waals surface area contributed by atoms with Gasteiger partial charge in [0.15, 0.2) is 0 Å². The summed E-state index contributed by atoms with van der Waals surface area (Å²) in [5.41, 5.74) is 0.238. The minimum absolute atomic E-state index is 0.0794. The molecule has 1 saturated heterocycles. The number of nitrogens with zero attached hydrogens (tertiary/aromatic N) is 2. The third-order valence-corrected chi connectivity index (χ3v) is 4.04. The van der Waals surface area contributed by atoms with Crippen molar-refractivity contribution < 1.29 is 19.2 Å². The number of amides is 1. The third-order valence-electron chi connectivity index (χ3n) is 3.03. The minimum Gasteiger partial charge on any atom is -0.464 e. The number of hydrogen-bond donors (Lipinski definition) is 0. The van der Waals surface area contributed by atoms with Gasteiger partial charge in [-0.05, 0) is 19.1 Å². The molecule has 0 aromatic heterocycles. The van der Waals surface area contributed by atoms with Gasteiger partial charge in [0, 0.05) is 23.4 Å². The first-order valence-electron chi connectivity index (χ1n) is 6.34. The number of carbonyl (C=O) groups is 2. The lowest BCUT2D eigenvalue weighted by molar-refractivity contribution is -0.384. The molecule has 0 unspecified atom stereocenters. The van der Waals surface area contributed by atoms with Crippen LogP contribution in [0.25, 0.3) is 0 Å². The predicted molar refractivity (Wildman–Crippen MR) is 77.0 cm³/mol. The molecule has 0 radical (unpaired) electrons. The number of hydrogen-bond acceptors (Lipinski definition) is 6. The van der Waals surface area contributed by atoms with Gasteiger partial charge in [0.1, 0.15) is 6.04 Å². The largest absolute Gasteiger partial charge is 0.464 e. The summed E-state index contributed by atoms with van der Waals surface area (Å²) in [6, 6.07) is 4.74. The molecule has 1 aromatic carbocycles. The molecule has 7 nitrogen and oxygen atoms in total. The highest BCUT2D eigenvalue weighted by Gasteiger charge is 2.36. The summed E-state index contributed by atoms with van der Waals surface area (Å²) < 4.78 is 4.96. The number of nitro benzene ring substituents is 1. The molecule has 112 valence electrons. The number of nitro groups is 1. The van der Waals surface area contributed by atoms with Crippen LogP contribution >= 0.6 is 11.8 Å². The van der Waals surface area contributed by atoms with E-state index in [4.69, 9.17) is 4.74 Å². The smallest absolute Gasteiger partial charge is 0.329 e. The zero-order valence-corrected chi connectivity index (χ0v) is 12.2. The lowest BCUT2D eigenvalue weighted by Crippen LogP contribution is -2.42. The average Bonchev–Trinajstić information content (AvgIpc) is 2.96. The summed E-state index contributed by atoms with van der Waals surface area (Å²) in [6.45, 7) is 1.97. The maximum Gasteiger partial charge on any atom is 0.329 e. The van der Waals surface area contributed by atoms with Gasteiger partial charge in [0.05, 0.1) is 17.4 Å². The fourth-order valence-corrected chi connectivity index (χ4v) is 3.11. The van der Waals surface area contributed by atoms with Crippen LogP contribution in [0.5, 0.6) is 0 Å². The van der Waals surface area contributed by atoms with Gasteiger partial charge in [0.25, 0.3) is 11.6 Å². The lowest BCUT2D eigenvalue weighted by atomic mass is 10.1. The molecule has 1 fully saturated rings. The van der Waals surface area contributed by atoms with E-state index in [0.717, 1.165) is 0 Å². The van der Waals surface area contributed by atoms with Crippen LogP contribution in [0.4, 0.5) is 5.69 Å². The number of benzene rings is 1. The number of non-ortho nitro benzene ring substituents is 1. The summed E-state index contributed by atoms with van der Waals surface area (Å²) >= 11 is 1.47. The Kier molecular flexibility index (Phi) is 4.79. The summed E-state index contributed by atoms with van der Waals surface area (Å²) in [6.07, 6.45) is 0. The summed E-state index contributed by atoms with van der Waals surface area (Å²) in [4.78, 5) is 35.7. The van der Waals surface area contributed by atoms with Gasteiger partial charge in [-0.25, -0.2) is 4.79 Å². The van der Waals surface area contributed by atoms with E-state index in [9.17, 15) is 19.7 Å². The van der Waals surface area contributed by atoms with Crippen LogP contribution in [-0.4, -0.2) is 46.0 Å². The zero-order valence-electron chi connectivity index (χ0n) is 11.4. The summed E-state index contributed by atoms with van der Waals surface area (Å²) in [5, 5.41) is 10.6. The number of ether oxygens (including phenoxy) is 1. The third kappa shape index (κ3) is 3.33. The summed E-state index contributed by atoms with van der Waals surface area (Å²) in [5.74, 6) is 0.155. The average molecular weight is 310 g/mol. The van der Waals surface area contributed by atoms with E-state index in [1.165, 1.54) is 40.9 Å². The van der Waals surface area contributed by atoms with E-state index in [-0.39, 0.29) is 18.2 Å². The van der Waals surface area contributed by atoms with Gasteiger partial charge in [-0.2, -0.15) is 0 Å². The van der Waals surface area contributed by atoms with Crippen LogP contribution in [0.1, 0.15) is 17.3 Å². The van der Waals surface area contributed by atoms with E-state index in [2.05, 4.69) is 0 Å². The van der Waals surface area contributed by atoms with E-state index in [1.54, 1.807) is 6.92 Å². The molecule has 2 rings (SSSR count). The lowest BCUT2D eigenvalue weighted by Gasteiger charge is -2.22. The molecule has 0 saturated carbocycles. The Labute approximate surface area is 125 Å². The fourth-order valence-electron chi connectivity index (χ4n) is 1.97. The van der Waals surface area contributed by atoms with Crippen molar-refractivity contribution in [2.45, 2.75) is 13.0 Å². The first kappa shape index (κ1) is 15.3. The molecule has 1 aliphatic heterocycles. The van der Waals surface area contributed by atoms with E-state index in [1.807, 2.05) is 0 Å². The van der Waals surface area contributed by atoms with Crippen LogP contribution in [0.15, 0.2) is 24.3 Å². The van der Waals surface area contributed by atoms with Crippen LogP contribution < -0.4 is 0 Å². The predicted octanol–water partition coefficient (Wildman–Crippen LogP) is 1.67. The number of rotatable bonds is 4. The second kappa shape index (κ2) is 6.57. The van der Waals surface area contributed by atoms with E-state index < -0.39 is 16.9 Å². The standard InChI is InChI=1S/C13H14N2O5S/c1-2-20-13(17)11-7-21-8-14(11)12(16)9-3-5-10(6-4-9)15(18)19/h3-6,11H,2,7-8H2,1H3/t11-/m0/s1. The fraction of sp³-hybridized carbons (Fsp3) is 0.385. The second-order valence-corrected chi connectivity index (χ2v) is 5.35. The van der Waals surface area contributed by atoms with Gasteiger partial charge < -0.3 is 9.64 Å². The van der Waals surface area contributed by atoms with E-state index in [0.29, 0.717) is 17.2 Å². The highest BCUT2D eigenvalue weighted by molar-refractivity contribution is 7.99. The Hall–Kier alpha value is -2.09. The molecule has 8 heteroatoms. The molecule has 0 bridgehead atoms. The summed E-state index contributed by atoms with van der Waals surface area (Å²) in [7, 11) is 0. The maximum absolute atomic E-state index is 12.4.